The van der Waals surface area contributed by atoms with Crippen LogP contribution in [0.5, 0.6) is 0 Å². The van der Waals surface area contributed by atoms with Gasteiger partial charge >= 0.3 is 0 Å². The fraction of sp³-hybridized carbons (Fsp3) is 0.593. The molecule has 0 spiro atoms. The van der Waals surface area contributed by atoms with E-state index in [1.54, 1.807) is 0 Å². The van der Waals surface area contributed by atoms with Crippen molar-refractivity contribution in [3.63, 3.8) is 0 Å². The number of piperidine rings is 1. The second-order valence-corrected chi connectivity index (χ2v) is 10.0. The summed E-state index contributed by atoms with van der Waals surface area (Å²) in [5.74, 6) is 2.10. The maximum Gasteiger partial charge on any atom is 0.223 e. The molecule has 3 fully saturated rings. The molecule has 0 saturated carbocycles. The Bertz CT molecular complexity index is 936. The molecule has 0 atom stereocenters. The quantitative estimate of drug-likeness (QED) is 0.593. The number of nitrogens with one attached hydrogen (secondary N) is 1. The van der Waals surface area contributed by atoms with Crippen LogP contribution in [-0.2, 0) is 16.1 Å². The second-order valence-electron chi connectivity index (χ2n) is 10.0. The SMILES string of the molecule is O=C(NCCN1CCN(Cc2ccccc2)CC1)C1CCN(c2ccc(N3CCOCC3)nn2)CC1. The number of anilines is 2. The second kappa shape index (κ2) is 12.5. The Kier molecular flexibility index (Phi) is 8.63. The first kappa shape index (κ1) is 24.9. The number of benzene rings is 1. The third-order valence-electron chi connectivity index (χ3n) is 7.60. The molecule has 36 heavy (non-hydrogen) atoms. The van der Waals surface area contributed by atoms with Crippen LogP contribution in [0, 0.1) is 5.92 Å². The molecule has 9 nitrogen and oxygen atoms in total. The van der Waals surface area contributed by atoms with Crippen molar-refractivity contribution in [1.82, 2.24) is 25.3 Å². The number of amides is 1. The first-order valence-electron chi connectivity index (χ1n) is 13.4. The van der Waals surface area contributed by atoms with Crippen LogP contribution >= 0.6 is 0 Å². The smallest absolute Gasteiger partial charge is 0.223 e. The van der Waals surface area contributed by atoms with E-state index in [4.69, 9.17) is 4.74 Å². The van der Waals surface area contributed by atoms with E-state index in [2.05, 4.69) is 71.5 Å². The van der Waals surface area contributed by atoms with Crippen LogP contribution in [0.25, 0.3) is 0 Å². The molecule has 0 aliphatic carbocycles. The summed E-state index contributed by atoms with van der Waals surface area (Å²) in [6.45, 7) is 11.8. The molecule has 0 bridgehead atoms. The van der Waals surface area contributed by atoms with E-state index < -0.39 is 0 Å². The van der Waals surface area contributed by atoms with Crippen LogP contribution in [0.1, 0.15) is 18.4 Å². The molecular formula is C27H39N7O2. The van der Waals surface area contributed by atoms with Crippen LogP contribution in [-0.4, -0.2) is 105 Å². The van der Waals surface area contributed by atoms with Crippen LogP contribution in [0.2, 0.25) is 0 Å². The van der Waals surface area contributed by atoms with Gasteiger partial charge in [-0.1, -0.05) is 30.3 Å². The molecule has 2 aromatic rings. The van der Waals surface area contributed by atoms with Gasteiger partial charge in [-0.3, -0.25) is 14.6 Å². The molecule has 1 aromatic heterocycles. The Morgan fingerprint density at radius 3 is 2.06 bits per heavy atom. The maximum absolute atomic E-state index is 12.8. The normalized spacial score (nSPS) is 20.4. The highest BCUT2D eigenvalue weighted by Crippen LogP contribution is 2.23. The third-order valence-corrected chi connectivity index (χ3v) is 7.60. The number of hydrogen-bond donors (Lipinski definition) is 1. The lowest BCUT2D eigenvalue weighted by atomic mass is 9.96. The van der Waals surface area contributed by atoms with Gasteiger partial charge in [0.1, 0.15) is 0 Å². The summed E-state index contributed by atoms with van der Waals surface area (Å²) in [4.78, 5) is 22.2. The average molecular weight is 494 g/mol. The van der Waals surface area contributed by atoms with Crippen molar-refractivity contribution in [3.8, 4) is 0 Å². The Balaban J connectivity index is 0.976. The Hall–Kier alpha value is -2.75. The van der Waals surface area contributed by atoms with Crippen LogP contribution in [0.15, 0.2) is 42.5 Å². The lowest BCUT2D eigenvalue weighted by molar-refractivity contribution is -0.125. The molecule has 9 heteroatoms. The number of carbonyl (C=O) groups excluding carboxylic acids is 1. The molecule has 1 aromatic carbocycles. The van der Waals surface area contributed by atoms with Gasteiger partial charge in [0, 0.05) is 77.9 Å². The first-order valence-corrected chi connectivity index (χ1v) is 13.4. The van der Waals surface area contributed by atoms with E-state index in [-0.39, 0.29) is 11.8 Å². The highest BCUT2D eigenvalue weighted by molar-refractivity contribution is 5.79. The molecule has 1 amide bonds. The van der Waals surface area contributed by atoms with Crippen LogP contribution in [0.4, 0.5) is 11.6 Å². The van der Waals surface area contributed by atoms with E-state index >= 15 is 0 Å². The van der Waals surface area contributed by atoms with Crippen molar-refractivity contribution in [2.75, 3.05) is 88.5 Å². The van der Waals surface area contributed by atoms with E-state index in [9.17, 15) is 4.79 Å². The van der Waals surface area contributed by atoms with E-state index in [1.165, 1.54) is 5.56 Å². The largest absolute Gasteiger partial charge is 0.378 e. The molecule has 0 unspecified atom stereocenters. The molecule has 1 N–H and O–H groups in total. The minimum Gasteiger partial charge on any atom is -0.378 e. The van der Waals surface area contributed by atoms with Gasteiger partial charge in [0.05, 0.1) is 13.2 Å². The van der Waals surface area contributed by atoms with E-state index in [0.29, 0.717) is 0 Å². The summed E-state index contributed by atoms with van der Waals surface area (Å²) < 4.78 is 5.41. The minimum absolute atomic E-state index is 0.0875. The molecule has 4 heterocycles. The lowest BCUT2D eigenvalue weighted by Gasteiger charge is -2.35. The lowest BCUT2D eigenvalue weighted by Crippen LogP contribution is -2.48. The topological polar surface area (TPSA) is 77.1 Å². The number of aromatic nitrogens is 2. The molecule has 3 saturated heterocycles. The number of ether oxygens (including phenoxy) is 1. The zero-order valence-electron chi connectivity index (χ0n) is 21.2. The fourth-order valence-electron chi connectivity index (χ4n) is 5.31. The molecule has 3 aliphatic rings. The predicted octanol–water partition coefficient (Wildman–Crippen LogP) is 1.46. The summed E-state index contributed by atoms with van der Waals surface area (Å²) in [6, 6.07) is 14.8. The van der Waals surface area contributed by atoms with Gasteiger partial charge in [-0.2, -0.15) is 0 Å². The Morgan fingerprint density at radius 2 is 1.42 bits per heavy atom. The number of morpholine rings is 1. The van der Waals surface area contributed by atoms with E-state index in [1.807, 2.05) is 6.07 Å². The highest BCUT2D eigenvalue weighted by Gasteiger charge is 2.26. The standard InChI is InChI=1S/C27H39N7O2/c35-27(28-10-13-31-14-16-32(17-15-31)22-23-4-2-1-3-5-23)24-8-11-33(12-9-24)25-6-7-26(30-29-25)34-18-20-36-21-19-34/h1-7,24H,8-22H2,(H,28,35). The van der Waals surface area contributed by atoms with Crippen molar-refractivity contribution < 1.29 is 9.53 Å². The van der Waals surface area contributed by atoms with Gasteiger partial charge in [-0.05, 0) is 30.5 Å². The average Bonchev–Trinajstić information content (AvgIpc) is 2.95. The van der Waals surface area contributed by atoms with Gasteiger partial charge in [-0.15, -0.1) is 10.2 Å². The van der Waals surface area contributed by atoms with Crippen LogP contribution in [0.3, 0.4) is 0 Å². The molecule has 3 aliphatic heterocycles. The number of rotatable bonds is 8. The minimum atomic E-state index is 0.0875. The Morgan fingerprint density at radius 1 is 0.806 bits per heavy atom. The van der Waals surface area contributed by atoms with Crippen molar-refractivity contribution in [1.29, 1.82) is 0 Å². The van der Waals surface area contributed by atoms with Crippen molar-refractivity contribution in [2.24, 2.45) is 5.92 Å². The van der Waals surface area contributed by atoms with Gasteiger partial charge < -0.3 is 19.9 Å². The number of hydrogen-bond acceptors (Lipinski definition) is 8. The van der Waals surface area contributed by atoms with Crippen molar-refractivity contribution >= 4 is 17.5 Å². The molecule has 5 rings (SSSR count). The van der Waals surface area contributed by atoms with Crippen molar-refractivity contribution in [3.05, 3.63) is 48.0 Å². The zero-order chi connectivity index (χ0) is 24.6. The monoisotopic (exact) mass is 493 g/mol. The van der Waals surface area contributed by atoms with E-state index in [0.717, 1.165) is 110 Å². The Labute approximate surface area is 214 Å². The van der Waals surface area contributed by atoms with Crippen LogP contribution < -0.4 is 15.1 Å². The van der Waals surface area contributed by atoms with Gasteiger partial charge in [0.25, 0.3) is 0 Å². The molecular weight excluding hydrogens is 454 g/mol. The summed E-state index contributed by atoms with van der Waals surface area (Å²) in [7, 11) is 0. The zero-order valence-corrected chi connectivity index (χ0v) is 21.2. The summed E-state index contributed by atoms with van der Waals surface area (Å²) in [6.07, 6.45) is 1.72. The van der Waals surface area contributed by atoms with Gasteiger partial charge in [0.15, 0.2) is 11.6 Å². The number of nitrogens with zero attached hydrogens (tertiary/aromatic N) is 6. The molecule has 0 radical (unpaired) electrons. The summed E-state index contributed by atoms with van der Waals surface area (Å²) in [5, 5.41) is 12.1. The maximum atomic E-state index is 12.8. The predicted molar refractivity (Wildman–Crippen MR) is 141 cm³/mol. The van der Waals surface area contributed by atoms with Gasteiger partial charge in [-0.25, -0.2) is 0 Å². The third kappa shape index (κ3) is 6.72. The summed E-state index contributed by atoms with van der Waals surface area (Å²) >= 11 is 0. The fourth-order valence-corrected chi connectivity index (χ4v) is 5.31. The van der Waals surface area contributed by atoms with Gasteiger partial charge in [0.2, 0.25) is 5.91 Å². The summed E-state index contributed by atoms with van der Waals surface area (Å²) in [5.41, 5.74) is 1.38. The first-order chi connectivity index (χ1) is 17.7. The number of carbonyl (C=O) groups is 1. The number of piperazine rings is 1. The highest BCUT2D eigenvalue weighted by atomic mass is 16.5. The van der Waals surface area contributed by atoms with Crippen molar-refractivity contribution in [2.45, 2.75) is 19.4 Å². The molecule has 194 valence electrons.